The highest BCUT2D eigenvalue weighted by atomic mass is 32.2. The second kappa shape index (κ2) is 9.27. The van der Waals surface area contributed by atoms with E-state index in [-0.39, 0.29) is 15.7 Å². The number of sulfonamides is 1. The maximum absolute atomic E-state index is 13.8. The van der Waals surface area contributed by atoms with Crippen LogP contribution in [0.5, 0.6) is 5.75 Å². The molecule has 0 unspecified atom stereocenters. The number of halogens is 2. The van der Waals surface area contributed by atoms with Gasteiger partial charge in [-0.05, 0) is 61.1 Å². The van der Waals surface area contributed by atoms with Gasteiger partial charge in [-0.15, -0.1) is 0 Å². The molecule has 0 heterocycles. The van der Waals surface area contributed by atoms with E-state index in [1.165, 1.54) is 19.2 Å². The molecule has 0 spiro atoms. The van der Waals surface area contributed by atoms with Gasteiger partial charge in [0.15, 0.2) is 5.11 Å². The fourth-order valence-corrected chi connectivity index (χ4v) is 4.34. The molecule has 3 aromatic rings. The summed E-state index contributed by atoms with van der Waals surface area (Å²) in [5.74, 6) is -1.14. The molecule has 0 saturated carbocycles. The zero-order valence-electron chi connectivity index (χ0n) is 16.6. The number of thiocarbonyl (C=S) groups is 1. The summed E-state index contributed by atoms with van der Waals surface area (Å²) >= 11 is 5.15. The molecular weight excluding hydrogens is 444 g/mol. The van der Waals surface area contributed by atoms with Crippen molar-refractivity contribution in [3.05, 3.63) is 77.9 Å². The summed E-state index contributed by atoms with van der Waals surface area (Å²) in [6.45, 7) is 1.66. The van der Waals surface area contributed by atoms with Crippen LogP contribution in [0.15, 0.2) is 65.6 Å². The van der Waals surface area contributed by atoms with Crippen molar-refractivity contribution < 1.29 is 21.9 Å². The van der Waals surface area contributed by atoms with E-state index in [1.807, 2.05) is 0 Å². The lowest BCUT2D eigenvalue weighted by Gasteiger charge is -2.15. The Morgan fingerprint density at radius 1 is 0.968 bits per heavy atom. The number of nitrogens with one attached hydrogen (secondary N) is 3. The Kier molecular flexibility index (Phi) is 6.71. The minimum atomic E-state index is -3.94. The Morgan fingerprint density at radius 3 is 2.42 bits per heavy atom. The van der Waals surface area contributed by atoms with Crippen molar-refractivity contribution in [2.24, 2.45) is 0 Å². The van der Waals surface area contributed by atoms with Gasteiger partial charge in [0.05, 0.1) is 23.4 Å². The molecule has 3 N–H and O–H groups in total. The maximum atomic E-state index is 13.8. The molecule has 0 fully saturated rings. The maximum Gasteiger partial charge on any atom is 0.262 e. The molecule has 0 amide bonds. The van der Waals surface area contributed by atoms with Gasteiger partial charge in [0.1, 0.15) is 17.4 Å². The summed E-state index contributed by atoms with van der Waals surface area (Å²) < 4.78 is 60.5. The van der Waals surface area contributed by atoms with Gasteiger partial charge in [-0.1, -0.05) is 18.2 Å². The Labute approximate surface area is 184 Å². The number of methoxy groups -OCH3 is 1. The number of para-hydroxylation sites is 2. The summed E-state index contributed by atoms with van der Waals surface area (Å²) in [4.78, 5) is 0.0270. The summed E-state index contributed by atoms with van der Waals surface area (Å²) in [7, 11) is -2.50. The van der Waals surface area contributed by atoms with Crippen LogP contribution in [-0.4, -0.2) is 20.6 Å². The van der Waals surface area contributed by atoms with E-state index in [9.17, 15) is 17.2 Å². The van der Waals surface area contributed by atoms with Gasteiger partial charge in [0, 0.05) is 11.8 Å². The van der Waals surface area contributed by atoms with E-state index in [4.69, 9.17) is 17.0 Å². The van der Waals surface area contributed by atoms with Crippen LogP contribution in [0.4, 0.5) is 25.8 Å². The quantitative estimate of drug-likeness (QED) is 0.452. The molecule has 0 aliphatic rings. The van der Waals surface area contributed by atoms with Gasteiger partial charge in [-0.2, -0.15) is 0 Å². The monoisotopic (exact) mass is 463 g/mol. The van der Waals surface area contributed by atoms with E-state index in [2.05, 4.69) is 15.4 Å². The van der Waals surface area contributed by atoms with E-state index in [0.717, 1.165) is 12.1 Å². The van der Waals surface area contributed by atoms with Gasteiger partial charge < -0.3 is 15.4 Å². The van der Waals surface area contributed by atoms with Crippen LogP contribution in [0.25, 0.3) is 0 Å². The summed E-state index contributed by atoms with van der Waals surface area (Å²) in [6, 6.07) is 14.3. The first kappa shape index (κ1) is 22.4. The lowest BCUT2D eigenvalue weighted by atomic mass is 10.2. The van der Waals surface area contributed by atoms with Gasteiger partial charge >= 0.3 is 0 Å². The van der Waals surface area contributed by atoms with Crippen molar-refractivity contribution in [1.29, 1.82) is 0 Å². The Bertz CT molecular complexity index is 1230. The third kappa shape index (κ3) is 5.47. The molecule has 6 nitrogen and oxygen atoms in total. The topological polar surface area (TPSA) is 79.5 Å². The van der Waals surface area contributed by atoms with Crippen molar-refractivity contribution in [1.82, 2.24) is 0 Å². The lowest BCUT2D eigenvalue weighted by Crippen LogP contribution is -2.20. The predicted octanol–water partition coefficient (Wildman–Crippen LogP) is 4.89. The van der Waals surface area contributed by atoms with Crippen LogP contribution < -0.4 is 20.1 Å². The van der Waals surface area contributed by atoms with Crippen LogP contribution in [0, 0.1) is 18.6 Å². The van der Waals surface area contributed by atoms with E-state index in [0.29, 0.717) is 22.7 Å². The van der Waals surface area contributed by atoms with Crippen molar-refractivity contribution in [3.63, 3.8) is 0 Å². The van der Waals surface area contributed by atoms with E-state index in [1.54, 1.807) is 43.3 Å². The molecule has 10 heteroatoms. The molecule has 162 valence electrons. The Hall–Kier alpha value is -3.24. The molecule has 0 aromatic heterocycles. The smallest absolute Gasteiger partial charge is 0.262 e. The first-order valence-electron chi connectivity index (χ1n) is 8.99. The lowest BCUT2D eigenvalue weighted by molar-refractivity contribution is 0.417. The number of rotatable bonds is 6. The van der Waals surface area contributed by atoms with Crippen molar-refractivity contribution >= 4 is 44.4 Å². The number of aryl methyl sites for hydroxylation is 1. The minimum absolute atomic E-state index is 0.00963. The fourth-order valence-electron chi connectivity index (χ4n) is 2.77. The van der Waals surface area contributed by atoms with Gasteiger partial charge in [0.25, 0.3) is 10.0 Å². The van der Waals surface area contributed by atoms with Crippen molar-refractivity contribution in [2.75, 3.05) is 22.5 Å². The average molecular weight is 464 g/mol. The fraction of sp³-hybridized carbons (Fsp3) is 0.0952. The molecule has 0 bridgehead atoms. The Morgan fingerprint density at radius 2 is 1.71 bits per heavy atom. The van der Waals surface area contributed by atoms with Gasteiger partial charge in [-0.3, -0.25) is 4.72 Å². The largest absolute Gasteiger partial charge is 0.495 e. The minimum Gasteiger partial charge on any atom is -0.495 e. The van der Waals surface area contributed by atoms with E-state index < -0.39 is 21.7 Å². The summed E-state index contributed by atoms with van der Waals surface area (Å²) in [5.41, 5.74) is 1.16. The standard InChI is InChI=1S/C21H19F2N3O3S2/c1-13-7-9-15(24-21(30)25-17-10-8-14(22)11-16(17)23)12-20(13)31(27,28)26-18-5-3-4-6-19(18)29-2/h3-12,26H,1-2H3,(H2,24,25,30). The highest BCUT2D eigenvalue weighted by molar-refractivity contribution is 7.92. The summed E-state index contributed by atoms with van der Waals surface area (Å²) in [5, 5.41) is 5.42. The normalized spacial score (nSPS) is 11.0. The van der Waals surface area contributed by atoms with Crippen LogP contribution in [0.3, 0.4) is 0 Å². The van der Waals surface area contributed by atoms with Crippen LogP contribution in [-0.2, 0) is 10.0 Å². The van der Waals surface area contributed by atoms with Crippen molar-refractivity contribution in [3.8, 4) is 5.75 Å². The first-order valence-corrected chi connectivity index (χ1v) is 10.9. The molecule has 0 radical (unpaired) electrons. The molecule has 0 atom stereocenters. The molecular formula is C21H19F2N3O3S2. The van der Waals surface area contributed by atoms with Crippen LogP contribution in [0.2, 0.25) is 0 Å². The zero-order valence-corrected chi connectivity index (χ0v) is 18.2. The van der Waals surface area contributed by atoms with Crippen LogP contribution >= 0.6 is 12.2 Å². The molecule has 3 rings (SSSR count). The van der Waals surface area contributed by atoms with Crippen LogP contribution in [0.1, 0.15) is 5.56 Å². The molecule has 0 aliphatic heterocycles. The molecule has 31 heavy (non-hydrogen) atoms. The van der Waals surface area contributed by atoms with E-state index >= 15 is 0 Å². The highest BCUT2D eigenvalue weighted by Gasteiger charge is 2.19. The molecule has 3 aromatic carbocycles. The third-order valence-electron chi connectivity index (χ3n) is 4.27. The number of anilines is 3. The first-order chi connectivity index (χ1) is 14.7. The third-order valence-corrected chi connectivity index (χ3v) is 5.98. The zero-order chi connectivity index (χ0) is 22.6. The highest BCUT2D eigenvalue weighted by Crippen LogP contribution is 2.28. The van der Waals surface area contributed by atoms with Gasteiger partial charge in [0.2, 0.25) is 0 Å². The number of hydrogen-bond acceptors (Lipinski definition) is 4. The molecule has 0 saturated heterocycles. The molecule has 0 aliphatic carbocycles. The van der Waals surface area contributed by atoms with Crippen molar-refractivity contribution in [2.45, 2.75) is 11.8 Å². The number of hydrogen-bond donors (Lipinski definition) is 3. The second-order valence-corrected chi connectivity index (χ2v) is 8.55. The SMILES string of the molecule is COc1ccccc1NS(=O)(=O)c1cc(NC(=S)Nc2ccc(F)cc2F)ccc1C. The number of benzene rings is 3. The Balaban J connectivity index is 1.81. The van der Waals surface area contributed by atoms with Gasteiger partial charge in [-0.25, -0.2) is 17.2 Å². The number of ether oxygens (including phenoxy) is 1. The predicted molar refractivity (Wildman–Crippen MR) is 121 cm³/mol. The second-order valence-electron chi connectivity index (χ2n) is 6.49. The average Bonchev–Trinajstić information content (AvgIpc) is 2.71. The summed E-state index contributed by atoms with van der Waals surface area (Å²) in [6.07, 6.45) is 0.